The zero-order valence-corrected chi connectivity index (χ0v) is 15.6. The van der Waals surface area contributed by atoms with Gasteiger partial charge in [0.05, 0.1) is 23.9 Å². The van der Waals surface area contributed by atoms with Gasteiger partial charge in [-0.2, -0.15) is 0 Å². The quantitative estimate of drug-likeness (QED) is 0.837. The van der Waals surface area contributed by atoms with E-state index in [1.807, 2.05) is 6.07 Å². The predicted octanol–water partition coefficient (Wildman–Crippen LogP) is 3.88. The number of nitrogens with one attached hydrogen (secondary N) is 1. The lowest BCUT2D eigenvalue weighted by Gasteiger charge is -2.33. The monoisotopic (exact) mass is 368 g/mol. The van der Waals surface area contributed by atoms with E-state index in [2.05, 4.69) is 17.1 Å². The van der Waals surface area contributed by atoms with E-state index in [0.29, 0.717) is 17.2 Å². The van der Waals surface area contributed by atoms with Gasteiger partial charge in [0.2, 0.25) is 0 Å². The molecule has 0 radical (unpaired) electrons. The number of hydrogen-bond donors (Lipinski definition) is 2. The van der Waals surface area contributed by atoms with Gasteiger partial charge < -0.3 is 20.1 Å². The van der Waals surface area contributed by atoms with Crippen LogP contribution in [-0.4, -0.2) is 37.2 Å². The van der Waals surface area contributed by atoms with E-state index in [-0.39, 0.29) is 11.3 Å². The maximum atomic E-state index is 12.6. The van der Waals surface area contributed by atoms with Crippen LogP contribution in [0, 0.1) is 5.92 Å². The number of nitrogens with zero attached hydrogens (tertiary/aromatic N) is 1. The molecular weight excluding hydrogens is 344 g/mol. The average Bonchev–Trinajstić information content (AvgIpc) is 2.68. The number of ether oxygens (including phenoxy) is 1. The van der Waals surface area contributed by atoms with Gasteiger partial charge in [-0.15, -0.1) is 0 Å². The van der Waals surface area contributed by atoms with Crippen molar-refractivity contribution in [3.63, 3.8) is 0 Å². The molecule has 0 aromatic heterocycles. The van der Waals surface area contributed by atoms with E-state index in [0.717, 1.165) is 25.2 Å². The molecule has 3 rings (SSSR count). The Morgan fingerprint density at radius 1 is 1.19 bits per heavy atom. The molecule has 1 saturated heterocycles. The zero-order chi connectivity index (χ0) is 19.4. The summed E-state index contributed by atoms with van der Waals surface area (Å²) in [7, 11) is 1.49. The Morgan fingerprint density at radius 2 is 1.96 bits per heavy atom. The number of carboxylic acids is 1. The number of amides is 1. The molecule has 1 heterocycles. The number of para-hydroxylation sites is 1. The van der Waals surface area contributed by atoms with E-state index in [4.69, 9.17) is 4.74 Å². The van der Waals surface area contributed by atoms with Gasteiger partial charge in [0.1, 0.15) is 5.75 Å². The first-order valence-electron chi connectivity index (χ1n) is 9.06. The topological polar surface area (TPSA) is 78.9 Å². The fourth-order valence-electron chi connectivity index (χ4n) is 3.46. The zero-order valence-electron chi connectivity index (χ0n) is 15.6. The number of carbonyl (C=O) groups is 2. The second kappa shape index (κ2) is 8.12. The molecule has 0 aliphatic carbocycles. The van der Waals surface area contributed by atoms with Crippen molar-refractivity contribution in [3.8, 4) is 5.75 Å². The van der Waals surface area contributed by atoms with Gasteiger partial charge in [-0.25, -0.2) is 4.79 Å². The van der Waals surface area contributed by atoms with Crippen LogP contribution < -0.4 is 15.0 Å². The van der Waals surface area contributed by atoms with E-state index in [9.17, 15) is 14.7 Å². The normalized spacial score (nSPS) is 16.7. The van der Waals surface area contributed by atoms with Crippen LogP contribution in [0.2, 0.25) is 0 Å². The highest BCUT2D eigenvalue weighted by atomic mass is 16.5. The highest BCUT2D eigenvalue weighted by Gasteiger charge is 2.21. The third kappa shape index (κ3) is 4.22. The summed E-state index contributed by atoms with van der Waals surface area (Å²) < 4.78 is 5.21. The summed E-state index contributed by atoms with van der Waals surface area (Å²) in [6.45, 7) is 4.02. The Morgan fingerprint density at radius 3 is 2.67 bits per heavy atom. The molecule has 27 heavy (non-hydrogen) atoms. The molecule has 1 amide bonds. The molecule has 0 bridgehead atoms. The fraction of sp³-hybridized carbons (Fsp3) is 0.333. The molecule has 1 atom stereocenters. The van der Waals surface area contributed by atoms with Crippen LogP contribution in [0.4, 0.5) is 11.4 Å². The van der Waals surface area contributed by atoms with Crippen molar-refractivity contribution in [2.24, 2.45) is 5.92 Å². The minimum Gasteiger partial charge on any atom is -0.496 e. The van der Waals surface area contributed by atoms with E-state index in [1.54, 1.807) is 36.4 Å². The molecule has 0 saturated carbocycles. The van der Waals surface area contributed by atoms with Crippen LogP contribution in [0.5, 0.6) is 5.75 Å². The molecule has 1 aliphatic rings. The first kappa shape index (κ1) is 18.8. The van der Waals surface area contributed by atoms with Crippen molar-refractivity contribution < 1.29 is 19.4 Å². The number of benzene rings is 2. The van der Waals surface area contributed by atoms with E-state index >= 15 is 0 Å². The Hall–Kier alpha value is -3.02. The third-order valence-corrected chi connectivity index (χ3v) is 4.86. The second-order valence-electron chi connectivity index (χ2n) is 6.88. The lowest BCUT2D eigenvalue weighted by atomic mass is 9.99. The number of aromatic carboxylic acids is 1. The summed E-state index contributed by atoms with van der Waals surface area (Å²) in [5.74, 6) is -0.464. The lowest BCUT2D eigenvalue weighted by molar-refractivity contribution is 0.0698. The Kier molecular flexibility index (Phi) is 5.64. The van der Waals surface area contributed by atoms with Crippen molar-refractivity contribution in [1.82, 2.24) is 0 Å². The number of piperidine rings is 1. The van der Waals surface area contributed by atoms with Crippen molar-refractivity contribution >= 4 is 23.3 Å². The molecule has 6 heteroatoms. The number of carboxylic acid groups (broad SMARTS) is 1. The van der Waals surface area contributed by atoms with Gasteiger partial charge >= 0.3 is 5.97 Å². The van der Waals surface area contributed by atoms with E-state index < -0.39 is 11.9 Å². The first-order valence-corrected chi connectivity index (χ1v) is 9.06. The molecule has 2 aromatic carbocycles. The number of hydrogen-bond acceptors (Lipinski definition) is 4. The molecule has 0 unspecified atom stereocenters. The van der Waals surface area contributed by atoms with Crippen molar-refractivity contribution in [2.75, 3.05) is 30.4 Å². The van der Waals surface area contributed by atoms with Gasteiger partial charge in [0.15, 0.2) is 0 Å². The van der Waals surface area contributed by atoms with Gasteiger partial charge in [-0.05, 0) is 49.1 Å². The number of rotatable bonds is 5. The predicted molar refractivity (Wildman–Crippen MR) is 105 cm³/mol. The Bertz CT molecular complexity index is 850. The molecule has 1 aliphatic heterocycles. The van der Waals surface area contributed by atoms with Gasteiger partial charge in [0, 0.05) is 18.8 Å². The number of carbonyl (C=O) groups excluding carboxylic acids is 1. The van der Waals surface area contributed by atoms with E-state index in [1.165, 1.54) is 13.5 Å². The van der Waals surface area contributed by atoms with Gasteiger partial charge in [-0.3, -0.25) is 4.79 Å². The summed E-state index contributed by atoms with van der Waals surface area (Å²) in [5.41, 5.74) is 1.57. The van der Waals surface area contributed by atoms with Crippen LogP contribution in [0.1, 0.15) is 40.5 Å². The van der Waals surface area contributed by atoms with Crippen LogP contribution in [0.25, 0.3) is 0 Å². The minimum atomic E-state index is -1.07. The minimum absolute atomic E-state index is 0.0778. The summed E-state index contributed by atoms with van der Waals surface area (Å²) >= 11 is 0. The van der Waals surface area contributed by atoms with Crippen molar-refractivity contribution in [1.29, 1.82) is 0 Å². The lowest BCUT2D eigenvalue weighted by Crippen LogP contribution is -2.34. The average molecular weight is 368 g/mol. The molecule has 1 fully saturated rings. The van der Waals surface area contributed by atoms with Crippen LogP contribution >= 0.6 is 0 Å². The molecule has 6 nitrogen and oxygen atoms in total. The van der Waals surface area contributed by atoms with Crippen molar-refractivity contribution in [2.45, 2.75) is 19.8 Å². The second-order valence-corrected chi connectivity index (χ2v) is 6.88. The van der Waals surface area contributed by atoms with Crippen LogP contribution in [0.3, 0.4) is 0 Å². The molecule has 0 spiro atoms. The summed E-state index contributed by atoms with van der Waals surface area (Å²) in [6, 6.07) is 12.0. The van der Waals surface area contributed by atoms with Crippen molar-refractivity contribution in [3.05, 3.63) is 53.6 Å². The Labute approximate surface area is 158 Å². The summed E-state index contributed by atoms with van der Waals surface area (Å²) in [5, 5.41) is 12.3. The maximum Gasteiger partial charge on any atom is 0.337 e. The molecular formula is C21H24N2O4. The molecule has 142 valence electrons. The molecule has 2 aromatic rings. The smallest absolute Gasteiger partial charge is 0.337 e. The van der Waals surface area contributed by atoms with Crippen LogP contribution in [-0.2, 0) is 0 Å². The fourth-order valence-corrected chi connectivity index (χ4v) is 3.46. The maximum absolute atomic E-state index is 12.6. The highest BCUT2D eigenvalue weighted by Crippen LogP contribution is 2.28. The van der Waals surface area contributed by atoms with Crippen LogP contribution in [0.15, 0.2) is 42.5 Å². The van der Waals surface area contributed by atoms with Gasteiger partial charge in [0.25, 0.3) is 5.91 Å². The standard InChI is InChI=1S/C21H24N2O4/c1-14-6-5-11-23(13-14)15-9-10-18(17(12-15)21(25)26)22-20(24)16-7-3-4-8-19(16)27-2/h3-4,7-10,12,14H,5-6,11,13H2,1-2H3,(H,22,24)(H,25,26)/t14-/m1/s1. The molecule has 2 N–H and O–H groups in total. The number of anilines is 2. The summed E-state index contributed by atoms with van der Waals surface area (Å²) in [4.78, 5) is 26.6. The first-order chi connectivity index (χ1) is 13.0. The largest absolute Gasteiger partial charge is 0.496 e. The third-order valence-electron chi connectivity index (χ3n) is 4.86. The highest BCUT2D eigenvalue weighted by molar-refractivity contribution is 6.09. The van der Waals surface area contributed by atoms with Gasteiger partial charge in [-0.1, -0.05) is 19.1 Å². The summed E-state index contributed by atoms with van der Waals surface area (Å²) in [6.07, 6.45) is 2.28. The Balaban J connectivity index is 1.87. The number of methoxy groups -OCH3 is 1. The SMILES string of the molecule is COc1ccccc1C(=O)Nc1ccc(N2CCC[C@@H](C)C2)cc1C(=O)O.